The summed E-state index contributed by atoms with van der Waals surface area (Å²) in [6.07, 6.45) is 0.874. The van der Waals surface area contributed by atoms with Gasteiger partial charge >= 0.3 is 5.97 Å². The molecule has 1 aromatic rings. The van der Waals surface area contributed by atoms with E-state index in [-0.39, 0.29) is 5.78 Å². The molecule has 1 aromatic carbocycles. The Labute approximate surface area is 141 Å². The first-order valence-corrected chi connectivity index (χ1v) is 8.03. The van der Waals surface area contributed by atoms with Gasteiger partial charge in [0.1, 0.15) is 6.04 Å². The smallest absolute Gasteiger partial charge is 0.326 e. The first-order chi connectivity index (χ1) is 11.0. The van der Waals surface area contributed by atoms with Crippen LogP contribution in [0.2, 0.25) is 0 Å². The Bertz CT molecular complexity index is 590. The van der Waals surface area contributed by atoms with Crippen molar-refractivity contribution in [3.8, 4) is 0 Å². The molecule has 6 heteroatoms. The number of carboxylic acids is 1. The Balaban J connectivity index is 2.30. The Hall–Kier alpha value is -1.79. The summed E-state index contributed by atoms with van der Waals surface area (Å²) in [7, 11) is 1.53. The number of likely N-dealkylation sites (tertiary alicyclic amines) is 1. The lowest BCUT2D eigenvalue weighted by Gasteiger charge is -2.31. The van der Waals surface area contributed by atoms with E-state index in [1.807, 2.05) is 6.07 Å². The number of rotatable bonds is 6. The lowest BCUT2D eigenvalue weighted by molar-refractivity contribution is -0.140. The fourth-order valence-electron chi connectivity index (χ4n) is 2.91. The van der Waals surface area contributed by atoms with E-state index in [0.717, 1.165) is 6.42 Å². The number of carboxylic acid groups (broad SMARTS) is 1. The molecule has 0 radical (unpaired) electrons. The number of carbonyl (C=O) groups is 2. The molecule has 1 aliphatic rings. The van der Waals surface area contributed by atoms with Gasteiger partial charge in [0.15, 0.2) is 5.78 Å². The standard InChI is InChI=1S/C17H21NO4S/c1-11(22-2)14(15(19)12-7-4-3-5-8-12)16(23)18-10-6-9-13(18)17(20)21/h3-5,7-8,11,13-14H,6,9-10H2,1-2H3,(H,20,21)/t11?,13-,14?/m0/s1. The van der Waals surface area contributed by atoms with E-state index in [9.17, 15) is 14.7 Å². The molecule has 0 bridgehead atoms. The molecule has 5 nitrogen and oxygen atoms in total. The zero-order valence-corrected chi connectivity index (χ0v) is 14.1. The van der Waals surface area contributed by atoms with E-state index in [1.165, 1.54) is 7.11 Å². The quantitative estimate of drug-likeness (QED) is 0.636. The van der Waals surface area contributed by atoms with Crippen molar-refractivity contribution in [3.05, 3.63) is 35.9 Å². The Morgan fingerprint density at radius 3 is 2.57 bits per heavy atom. The zero-order chi connectivity index (χ0) is 17.0. The van der Waals surface area contributed by atoms with Crippen LogP contribution in [0.5, 0.6) is 0 Å². The van der Waals surface area contributed by atoms with Crippen molar-refractivity contribution in [2.24, 2.45) is 5.92 Å². The largest absolute Gasteiger partial charge is 0.480 e. The molecule has 2 unspecified atom stereocenters. The van der Waals surface area contributed by atoms with Gasteiger partial charge < -0.3 is 14.7 Å². The molecular formula is C17H21NO4S. The summed E-state index contributed by atoms with van der Waals surface area (Å²) >= 11 is 5.51. The molecule has 0 amide bonds. The van der Waals surface area contributed by atoms with Crippen LogP contribution in [0.1, 0.15) is 30.1 Å². The molecule has 2 rings (SSSR count). The van der Waals surface area contributed by atoms with Crippen LogP contribution in [0, 0.1) is 5.92 Å². The van der Waals surface area contributed by atoms with E-state index in [0.29, 0.717) is 23.5 Å². The SMILES string of the molecule is COC(C)C(C(=O)c1ccccc1)C(=S)N1CCC[C@H]1C(=O)O. The molecule has 0 spiro atoms. The second-order valence-corrected chi connectivity index (χ2v) is 6.09. The van der Waals surface area contributed by atoms with Gasteiger partial charge in [-0.1, -0.05) is 42.5 Å². The summed E-state index contributed by atoms with van der Waals surface area (Å²) in [5.74, 6) is -1.71. The fraction of sp³-hybridized carbons (Fsp3) is 0.471. The molecule has 0 aliphatic carbocycles. The number of carbonyl (C=O) groups excluding carboxylic acids is 1. The number of methoxy groups -OCH3 is 1. The van der Waals surface area contributed by atoms with Gasteiger partial charge in [0, 0.05) is 19.2 Å². The Morgan fingerprint density at radius 2 is 2.00 bits per heavy atom. The van der Waals surface area contributed by atoms with Crippen LogP contribution in [0.3, 0.4) is 0 Å². The van der Waals surface area contributed by atoms with Crippen molar-refractivity contribution in [1.82, 2.24) is 4.90 Å². The average molecular weight is 335 g/mol. The van der Waals surface area contributed by atoms with Gasteiger partial charge in [-0.25, -0.2) is 4.79 Å². The van der Waals surface area contributed by atoms with E-state index >= 15 is 0 Å². The number of benzene rings is 1. The van der Waals surface area contributed by atoms with Gasteiger partial charge in [-0.05, 0) is 19.8 Å². The van der Waals surface area contributed by atoms with Gasteiger partial charge in [0.25, 0.3) is 0 Å². The number of ketones is 1. The molecule has 23 heavy (non-hydrogen) atoms. The van der Waals surface area contributed by atoms with E-state index < -0.39 is 24.0 Å². The van der Waals surface area contributed by atoms with Crippen molar-refractivity contribution in [2.45, 2.75) is 31.9 Å². The normalized spacial score (nSPS) is 20.1. The molecule has 0 saturated carbocycles. The monoisotopic (exact) mass is 335 g/mol. The zero-order valence-electron chi connectivity index (χ0n) is 13.3. The number of thiocarbonyl (C=S) groups is 1. The molecule has 124 valence electrons. The third-order valence-electron chi connectivity index (χ3n) is 4.27. The first-order valence-electron chi connectivity index (χ1n) is 7.62. The van der Waals surface area contributed by atoms with Crippen LogP contribution >= 0.6 is 12.2 Å². The Morgan fingerprint density at radius 1 is 1.35 bits per heavy atom. The lowest BCUT2D eigenvalue weighted by atomic mass is 9.92. The van der Waals surface area contributed by atoms with E-state index in [2.05, 4.69) is 0 Å². The van der Waals surface area contributed by atoms with Crippen LogP contribution in [0.4, 0.5) is 0 Å². The minimum Gasteiger partial charge on any atom is -0.480 e. The third-order valence-corrected chi connectivity index (χ3v) is 4.76. The third kappa shape index (κ3) is 3.76. The number of nitrogens with zero attached hydrogens (tertiary/aromatic N) is 1. The maximum atomic E-state index is 12.9. The lowest BCUT2D eigenvalue weighted by Crippen LogP contribution is -2.47. The number of hydrogen-bond acceptors (Lipinski definition) is 4. The number of aliphatic carboxylic acids is 1. The molecular weight excluding hydrogens is 314 g/mol. The van der Waals surface area contributed by atoms with Gasteiger partial charge in [-0.2, -0.15) is 0 Å². The summed E-state index contributed by atoms with van der Waals surface area (Å²) in [5.41, 5.74) is 0.551. The molecule has 1 saturated heterocycles. The predicted octanol–water partition coefficient (Wildman–Crippen LogP) is 2.40. The van der Waals surface area contributed by atoms with Crippen LogP contribution < -0.4 is 0 Å². The maximum absolute atomic E-state index is 12.9. The van der Waals surface area contributed by atoms with Crippen LogP contribution in [0.15, 0.2) is 30.3 Å². The summed E-state index contributed by atoms with van der Waals surface area (Å²) in [5, 5.41) is 9.35. The van der Waals surface area contributed by atoms with Crippen molar-refractivity contribution >= 4 is 29.0 Å². The fourth-order valence-corrected chi connectivity index (χ4v) is 3.43. The van der Waals surface area contributed by atoms with Crippen molar-refractivity contribution in [3.63, 3.8) is 0 Å². The topological polar surface area (TPSA) is 66.8 Å². The first kappa shape index (κ1) is 17.6. The molecule has 3 atom stereocenters. The van der Waals surface area contributed by atoms with Gasteiger partial charge in [-0.15, -0.1) is 0 Å². The molecule has 1 heterocycles. The van der Waals surface area contributed by atoms with Crippen LogP contribution in [0.25, 0.3) is 0 Å². The van der Waals surface area contributed by atoms with Gasteiger partial charge in [-0.3, -0.25) is 4.79 Å². The highest BCUT2D eigenvalue weighted by molar-refractivity contribution is 7.80. The van der Waals surface area contributed by atoms with Gasteiger partial charge in [0.05, 0.1) is 17.0 Å². The average Bonchev–Trinajstić information content (AvgIpc) is 3.05. The van der Waals surface area contributed by atoms with Crippen molar-refractivity contribution in [1.29, 1.82) is 0 Å². The van der Waals surface area contributed by atoms with Crippen molar-refractivity contribution < 1.29 is 19.4 Å². The Kier molecular flexibility index (Phi) is 5.85. The van der Waals surface area contributed by atoms with Gasteiger partial charge in [0.2, 0.25) is 0 Å². The summed E-state index contributed by atoms with van der Waals surface area (Å²) in [6.45, 7) is 2.34. The maximum Gasteiger partial charge on any atom is 0.326 e. The van der Waals surface area contributed by atoms with E-state index in [1.54, 1.807) is 36.1 Å². The second-order valence-electron chi connectivity index (χ2n) is 5.68. The molecule has 1 aliphatic heterocycles. The van der Waals surface area contributed by atoms with Crippen molar-refractivity contribution in [2.75, 3.05) is 13.7 Å². The van der Waals surface area contributed by atoms with Crippen LogP contribution in [-0.4, -0.2) is 52.5 Å². The summed E-state index contributed by atoms with van der Waals surface area (Å²) < 4.78 is 5.35. The molecule has 0 aromatic heterocycles. The predicted molar refractivity (Wildman–Crippen MR) is 90.7 cm³/mol. The number of hydrogen-bond donors (Lipinski definition) is 1. The number of ether oxygens (including phenoxy) is 1. The molecule has 1 N–H and O–H groups in total. The second kappa shape index (κ2) is 7.66. The summed E-state index contributed by atoms with van der Waals surface area (Å²) in [4.78, 5) is 26.3. The van der Waals surface area contributed by atoms with E-state index in [4.69, 9.17) is 17.0 Å². The highest BCUT2D eigenvalue weighted by atomic mass is 32.1. The minimum atomic E-state index is -0.902. The highest BCUT2D eigenvalue weighted by Crippen LogP contribution is 2.25. The highest BCUT2D eigenvalue weighted by Gasteiger charge is 2.39. The van der Waals surface area contributed by atoms with Crippen LogP contribution in [-0.2, 0) is 9.53 Å². The summed E-state index contributed by atoms with van der Waals surface area (Å²) in [6, 6.07) is 8.24. The number of Topliss-reactive ketones (excluding diaryl/α,β-unsaturated/α-hetero) is 1. The minimum absolute atomic E-state index is 0.138. The molecule has 1 fully saturated rings.